The summed E-state index contributed by atoms with van der Waals surface area (Å²) in [5.74, 6) is 0.755. The van der Waals surface area contributed by atoms with Crippen LogP contribution in [0, 0.1) is 12.8 Å². The minimum atomic E-state index is -0.166. The van der Waals surface area contributed by atoms with E-state index in [-0.39, 0.29) is 23.9 Å². The number of halogens is 1. The molecule has 1 saturated heterocycles. The lowest BCUT2D eigenvalue weighted by atomic mass is 9.83. The van der Waals surface area contributed by atoms with E-state index in [1.54, 1.807) is 11.8 Å². The molecule has 1 amide bonds. The maximum atomic E-state index is 14.5. The van der Waals surface area contributed by atoms with E-state index in [0.717, 1.165) is 45.7 Å². The first-order chi connectivity index (χ1) is 19.3. The maximum absolute atomic E-state index is 14.5. The first kappa shape index (κ1) is 28.1. The number of benzene rings is 3. The molecule has 1 unspecified atom stereocenters. The topological polar surface area (TPSA) is 63.5 Å². The first-order valence-electron chi connectivity index (χ1n) is 13.7. The fourth-order valence-corrected chi connectivity index (χ4v) is 6.38. The molecule has 208 valence electrons. The van der Waals surface area contributed by atoms with E-state index in [4.69, 9.17) is 4.74 Å². The number of carbonyl (C=O) groups is 1. The van der Waals surface area contributed by atoms with Crippen LogP contribution in [-0.2, 0) is 24.9 Å². The summed E-state index contributed by atoms with van der Waals surface area (Å²) in [5, 5.41) is 8.73. The van der Waals surface area contributed by atoms with Gasteiger partial charge >= 0.3 is 0 Å². The zero-order valence-electron chi connectivity index (χ0n) is 23.5. The number of methoxy groups -OCH3 is 1. The van der Waals surface area contributed by atoms with Gasteiger partial charge in [0.25, 0.3) is 0 Å². The molecule has 1 aliphatic heterocycles. The lowest BCUT2D eigenvalue weighted by Crippen LogP contribution is -2.47. The van der Waals surface area contributed by atoms with Crippen molar-refractivity contribution < 1.29 is 9.53 Å². The summed E-state index contributed by atoms with van der Waals surface area (Å²) in [5.41, 5.74) is 5.21. The highest BCUT2D eigenvalue weighted by molar-refractivity contribution is 9.10. The molecule has 2 heterocycles. The SMILES string of the molecule is COc1ccc(CN(C(=O)C2C[C@H](C)N(Cc3ccccc3)[C@H](c3cn(C)nn3)C2)c2ccc(C)cc2Br)cc1. The van der Waals surface area contributed by atoms with Gasteiger partial charge in [-0.25, -0.2) is 0 Å². The van der Waals surface area contributed by atoms with Gasteiger partial charge in [-0.15, -0.1) is 5.10 Å². The van der Waals surface area contributed by atoms with Crippen molar-refractivity contribution in [1.29, 1.82) is 0 Å². The van der Waals surface area contributed by atoms with Gasteiger partial charge < -0.3 is 9.64 Å². The Morgan fingerprint density at radius 3 is 2.45 bits per heavy atom. The fourth-order valence-electron chi connectivity index (χ4n) is 5.67. The van der Waals surface area contributed by atoms with Crippen LogP contribution in [0.4, 0.5) is 5.69 Å². The number of ether oxygens (including phenoxy) is 1. The number of rotatable bonds is 8. The molecule has 1 fully saturated rings. The Bertz CT molecular complexity index is 1440. The second-order valence-corrected chi connectivity index (χ2v) is 11.6. The molecule has 40 heavy (non-hydrogen) atoms. The molecule has 0 bridgehead atoms. The number of anilines is 1. The van der Waals surface area contributed by atoms with Gasteiger partial charge in [0.2, 0.25) is 5.91 Å². The molecule has 8 heteroatoms. The number of carbonyl (C=O) groups excluding carboxylic acids is 1. The van der Waals surface area contributed by atoms with Gasteiger partial charge in [0.15, 0.2) is 0 Å². The standard InChI is InChI=1S/C32H36BrN5O2/c1-22-10-15-30(28(33)16-22)38(20-25-11-13-27(40-4)14-12-25)32(39)26-17-23(2)37(19-24-8-6-5-7-9-24)31(18-26)29-21-36(3)35-34-29/h5-16,21,23,26,31H,17-20H2,1-4H3/t23-,26?,31-/m0/s1. The third kappa shape index (κ3) is 6.29. The Labute approximate surface area is 244 Å². The van der Waals surface area contributed by atoms with E-state index in [1.165, 1.54) is 5.56 Å². The quantitative estimate of drug-likeness (QED) is 0.231. The van der Waals surface area contributed by atoms with Gasteiger partial charge in [0.05, 0.1) is 31.1 Å². The van der Waals surface area contributed by atoms with Crippen molar-refractivity contribution in [3.05, 3.63) is 106 Å². The molecule has 0 saturated carbocycles. The molecule has 1 aromatic heterocycles. The Morgan fingerprint density at radius 1 is 1.05 bits per heavy atom. The maximum Gasteiger partial charge on any atom is 0.230 e. The fraction of sp³-hybridized carbons (Fsp3) is 0.344. The third-order valence-corrected chi connectivity index (χ3v) is 8.41. The summed E-state index contributed by atoms with van der Waals surface area (Å²) in [7, 11) is 3.55. The number of amides is 1. The number of hydrogen-bond donors (Lipinski definition) is 0. The van der Waals surface area contributed by atoms with E-state index in [1.807, 2.05) is 54.5 Å². The van der Waals surface area contributed by atoms with E-state index < -0.39 is 0 Å². The average Bonchev–Trinajstić information content (AvgIpc) is 3.39. The summed E-state index contributed by atoms with van der Waals surface area (Å²) in [6.45, 7) is 5.54. The highest BCUT2D eigenvalue weighted by atomic mass is 79.9. The summed E-state index contributed by atoms with van der Waals surface area (Å²) in [6.07, 6.45) is 3.43. The van der Waals surface area contributed by atoms with E-state index in [2.05, 4.69) is 81.4 Å². The van der Waals surface area contributed by atoms with Gasteiger partial charge in [-0.05, 0) is 83.6 Å². The Morgan fingerprint density at radius 2 is 1.80 bits per heavy atom. The van der Waals surface area contributed by atoms with Crippen molar-refractivity contribution in [2.75, 3.05) is 12.0 Å². The zero-order valence-corrected chi connectivity index (χ0v) is 25.1. The van der Waals surface area contributed by atoms with E-state index in [9.17, 15) is 4.79 Å². The van der Waals surface area contributed by atoms with Crippen LogP contribution in [0.15, 0.2) is 83.5 Å². The van der Waals surface area contributed by atoms with Crippen LogP contribution in [0.5, 0.6) is 5.75 Å². The van der Waals surface area contributed by atoms with Crippen molar-refractivity contribution in [2.45, 2.75) is 51.9 Å². The molecule has 0 aliphatic carbocycles. The first-order valence-corrected chi connectivity index (χ1v) is 14.5. The Kier molecular flexibility index (Phi) is 8.66. The van der Waals surface area contributed by atoms with Gasteiger partial charge in [-0.3, -0.25) is 14.4 Å². The Hall–Kier alpha value is -3.49. The molecule has 0 N–H and O–H groups in total. The van der Waals surface area contributed by atoms with Gasteiger partial charge in [-0.2, -0.15) is 0 Å². The minimum Gasteiger partial charge on any atom is -0.497 e. The van der Waals surface area contributed by atoms with Crippen LogP contribution >= 0.6 is 15.9 Å². The largest absolute Gasteiger partial charge is 0.497 e. The number of nitrogens with zero attached hydrogens (tertiary/aromatic N) is 5. The predicted octanol–water partition coefficient (Wildman–Crippen LogP) is 6.47. The molecule has 0 radical (unpaired) electrons. The molecule has 1 aliphatic rings. The minimum absolute atomic E-state index is 0.0177. The second-order valence-electron chi connectivity index (χ2n) is 10.7. The van der Waals surface area contributed by atoms with Crippen molar-refractivity contribution >= 4 is 27.5 Å². The van der Waals surface area contributed by atoms with Crippen molar-refractivity contribution in [2.24, 2.45) is 13.0 Å². The van der Waals surface area contributed by atoms with Crippen LogP contribution in [-0.4, -0.2) is 39.0 Å². The monoisotopic (exact) mass is 601 g/mol. The molecular weight excluding hydrogens is 566 g/mol. The van der Waals surface area contributed by atoms with Crippen LogP contribution in [0.3, 0.4) is 0 Å². The number of likely N-dealkylation sites (tertiary alicyclic amines) is 1. The van der Waals surface area contributed by atoms with Crippen molar-refractivity contribution in [3.63, 3.8) is 0 Å². The smallest absolute Gasteiger partial charge is 0.230 e. The molecule has 3 aromatic carbocycles. The van der Waals surface area contributed by atoms with Gasteiger partial charge in [0, 0.05) is 36.2 Å². The van der Waals surface area contributed by atoms with Gasteiger partial charge in [-0.1, -0.05) is 53.7 Å². The summed E-state index contributed by atoms with van der Waals surface area (Å²) >= 11 is 3.74. The van der Waals surface area contributed by atoms with Gasteiger partial charge in [0.1, 0.15) is 5.75 Å². The van der Waals surface area contributed by atoms with Crippen LogP contribution in [0.1, 0.15) is 48.2 Å². The number of hydrogen-bond acceptors (Lipinski definition) is 5. The van der Waals surface area contributed by atoms with E-state index >= 15 is 0 Å². The third-order valence-electron chi connectivity index (χ3n) is 7.78. The van der Waals surface area contributed by atoms with Crippen LogP contribution < -0.4 is 9.64 Å². The lowest BCUT2D eigenvalue weighted by molar-refractivity contribution is -0.126. The number of piperidine rings is 1. The summed E-state index contributed by atoms with van der Waals surface area (Å²) < 4.78 is 8.00. The van der Waals surface area contributed by atoms with Crippen molar-refractivity contribution in [3.8, 4) is 5.75 Å². The van der Waals surface area contributed by atoms with Crippen molar-refractivity contribution in [1.82, 2.24) is 19.9 Å². The van der Waals surface area contributed by atoms with Crippen LogP contribution in [0.2, 0.25) is 0 Å². The number of aryl methyl sites for hydroxylation is 2. The van der Waals surface area contributed by atoms with E-state index in [0.29, 0.717) is 13.0 Å². The second kappa shape index (κ2) is 12.4. The molecule has 4 aromatic rings. The normalized spacial score (nSPS) is 19.4. The molecule has 0 spiro atoms. The highest BCUT2D eigenvalue weighted by Gasteiger charge is 2.40. The Balaban J connectivity index is 1.47. The zero-order chi connectivity index (χ0) is 28.2. The summed E-state index contributed by atoms with van der Waals surface area (Å²) in [4.78, 5) is 18.9. The average molecular weight is 603 g/mol. The molecular formula is C32H36BrN5O2. The lowest BCUT2D eigenvalue weighted by Gasteiger charge is -2.44. The van der Waals surface area contributed by atoms with Crippen LogP contribution in [0.25, 0.3) is 0 Å². The predicted molar refractivity (Wildman–Crippen MR) is 161 cm³/mol. The summed E-state index contributed by atoms with van der Waals surface area (Å²) in [6, 6.07) is 24.7. The molecule has 3 atom stereocenters. The molecule has 5 rings (SSSR count). The number of aromatic nitrogens is 3. The molecule has 7 nitrogen and oxygen atoms in total. The highest BCUT2D eigenvalue weighted by Crippen LogP contribution is 2.40.